The van der Waals surface area contributed by atoms with E-state index in [1.807, 2.05) is 4.90 Å². The van der Waals surface area contributed by atoms with E-state index in [4.69, 9.17) is 16.0 Å². The molecular weight excluding hydrogens is 304 g/mol. The van der Waals surface area contributed by atoms with Crippen molar-refractivity contribution in [3.05, 3.63) is 23.1 Å². The summed E-state index contributed by atoms with van der Waals surface area (Å²) >= 11 is 5.69. The molecule has 1 aliphatic heterocycles. The maximum Gasteiger partial charge on any atom is 0.257 e. The van der Waals surface area contributed by atoms with Crippen molar-refractivity contribution in [3.63, 3.8) is 0 Å². The minimum Gasteiger partial charge on any atom is -0.452 e. The molecule has 6 heteroatoms. The van der Waals surface area contributed by atoms with Crippen LogP contribution in [-0.2, 0) is 4.79 Å². The van der Waals surface area contributed by atoms with Crippen LogP contribution in [0, 0.1) is 5.92 Å². The summed E-state index contributed by atoms with van der Waals surface area (Å²) in [5, 5.41) is 0.210. The minimum absolute atomic E-state index is 0.0949. The van der Waals surface area contributed by atoms with Crippen LogP contribution in [0.3, 0.4) is 0 Å². The number of amides is 2. The number of hydrogen-bond donors (Lipinski definition) is 0. The van der Waals surface area contributed by atoms with Crippen LogP contribution in [-0.4, -0.2) is 47.8 Å². The van der Waals surface area contributed by atoms with E-state index in [9.17, 15) is 9.59 Å². The third-order valence-electron chi connectivity index (χ3n) is 3.91. The highest BCUT2D eigenvalue weighted by Gasteiger charge is 2.25. The lowest BCUT2D eigenvalue weighted by Gasteiger charge is -2.34. The van der Waals surface area contributed by atoms with Gasteiger partial charge in [-0.2, -0.15) is 0 Å². The number of piperazine rings is 1. The number of rotatable bonds is 5. The second kappa shape index (κ2) is 7.68. The highest BCUT2D eigenvalue weighted by Crippen LogP contribution is 2.16. The summed E-state index contributed by atoms with van der Waals surface area (Å²) in [7, 11) is 0. The van der Waals surface area contributed by atoms with Gasteiger partial charge in [0.25, 0.3) is 5.91 Å². The number of carbonyl (C=O) groups is 2. The fourth-order valence-electron chi connectivity index (χ4n) is 2.58. The third kappa shape index (κ3) is 4.50. The summed E-state index contributed by atoms with van der Waals surface area (Å²) in [5.41, 5.74) is 0.460. The van der Waals surface area contributed by atoms with Gasteiger partial charge in [-0.05, 0) is 23.9 Å². The van der Waals surface area contributed by atoms with Crippen LogP contribution >= 0.6 is 11.6 Å². The summed E-state index contributed by atoms with van der Waals surface area (Å²) in [4.78, 5) is 27.9. The second-order valence-corrected chi connectivity index (χ2v) is 6.47. The van der Waals surface area contributed by atoms with Crippen molar-refractivity contribution >= 4 is 23.4 Å². The third-order valence-corrected chi connectivity index (χ3v) is 4.10. The fraction of sp³-hybridized carbons (Fsp3) is 0.625. The van der Waals surface area contributed by atoms with E-state index in [0.29, 0.717) is 44.1 Å². The van der Waals surface area contributed by atoms with Crippen molar-refractivity contribution < 1.29 is 14.0 Å². The zero-order valence-electron chi connectivity index (χ0n) is 13.2. The predicted molar refractivity (Wildman–Crippen MR) is 84.9 cm³/mol. The van der Waals surface area contributed by atoms with E-state index >= 15 is 0 Å². The van der Waals surface area contributed by atoms with Crippen molar-refractivity contribution in [2.75, 3.05) is 26.2 Å². The Morgan fingerprint density at radius 1 is 1.23 bits per heavy atom. The molecule has 0 N–H and O–H groups in total. The van der Waals surface area contributed by atoms with E-state index in [1.165, 1.54) is 12.3 Å². The van der Waals surface area contributed by atoms with Gasteiger partial charge in [-0.15, -0.1) is 0 Å². The Kier molecular flexibility index (Phi) is 5.89. The van der Waals surface area contributed by atoms with Gasteiger partial charge < -0.3 is 14.2 Å². The van der Waals surface area contributed by atoms with Crippen LogP contribution in [0.15, 0.2) is 16.7 Å². The first-order chi connectivity index (χ1) is 10.5. The predicted octanol–water partition coefficient (Wildman–Crippen LogP) is 3.04. The molecule has 0 unspecified atom stereocenters. The number of halogens is 1. The van der Waals surface area contributed by atoms with Crippen molar-refractivity contribution in [1.29, 1.82) is 0 Å². The van der Waals surface area contributed by atoms with Crippen molar-refractivity contribution in [2.45, 2.75) is 33.1 Å². The monoisotopic (exact) mass is 326 g/mol. The normalized spacial score (nSPS) is 15.5. The zero-order chi connectivity index (χ0) is 16.1. The van der Waals surface area contributed by atoms with Crippen LogP contribution in [0.4, 0.5) is 0 Å². The molecule has 0 radical (unpaired) electrons. The van der Waals surface area contributed by atoms with E-state index in [0.717, 1.165) is 12.8 Å². The number of nitrogens with zero attached hydrogens (tertiary/aromatic N) is 2. The largest absolute Gasteiger partial charge is 0.452 e. The first-order valence-electron chi connectivity index (χ1n) is 7.78. The summed E-state index contributed by atoms with van der Waals surface area (Å²) in [6.07, 6.45) is 3.98. The van der Waals surface area contributed by atoms with Gasteiger partial charge in [-0.1, -0.05) is 20.3 Å². The Bertz CT molecular complexity index is 519. The molecule has 0 atom stereocenters. The van der Waals surface area contributed by atoms with Crippen molar-refractivity contribution in [2.24, 2.45) is 5.92 Å². The fourth-order valence-corrected chi connectivity index (χ4v) is 2.75. The molecule has 22 heavy (non-hydrogen) atoms. The molecule has 0 spiro atoms. The Hall–Kier alpha value is -1.49. The molecule has 2 rings (SSSR count). The molecule has 5 nitrogen and oxygen atoms in total. The van der Waals surface area contributed by atoms with Crippen LogP contribution in [0.2, 0.25) is 5.22 Å². The molecule has 1 aliphatic rings. The van der Waals surface area contributed by atoms with Gasteiger partial charge in [0, 0.05) is 38.7 Å². The smallest absolute Gasteiger partial charge is 0.257 e. The average Bonchev–Trinajstić information content (AvgIpc) is 2.93. The van der Waals surface area contributed by atoms with E-state index in [1.54, 1.807) is 4.90 Å². The van der Waals surface area contributed by atoms with Crippen LogP contribution < -0.4 is 0 Å². The number of furan rings is 1. The Balaban J connectivity index is 1.77. The number of hydrogen-bond acceptors (Lipinski definition) is 3. The molecular formula is C16H23ClN2O3. The molecule has 0 saturated carbocycles. The summed E-state index contributed by atoms with van der Waals surface area (Å²) in [5.74, 6) is 0.728. The van der Waals surface area contributed by atoms with Crippen LogP contribution in [0.5, 0.6) is 0 Å². The Morgan fingerprint density at radius 2 is 1.86 bits per heavy atom. The molecule has 122 valence electrons. The summed E-state index contributed by atoms with van der Waals surface area (Å²) < 4.78 is 4.95. The highest BCUT2D eigenvalue weighted by atomic mass is 35.5. The quantitative estimate of drug-likeness (QED) is 0.835. The summed E-state index contributed by atoms with van der Waals surface area (Å²) in [6, 6.07) is 1.52. The Morgan fingerprint density at radius 3 is 2.41 bits per heavy atom. The first-order valence-corrected chi connectivity index (χ1v) is 8.16. The van der Waals surface area contributed by atoms with E-state index < -0.39 is 0 Å². The van der Waals surface area contributed by atoms with E-state index in [-0.39, 0.29) is 17.0 Å². The minimum atomic E-state index is -0.0949. The lowest BCUT2D eigenvalue weighted by Crippen LogP contribution is -2.50. The van der Waals surface area contributed by atoms with Gasteiger partial charge in [0.2, 0.25) is 5.91 Å². The Labute approximate surface area is 136 Å². The topological polar surface area (TPSA) is 53.8 Å². The molecule has 1 aromatic rings. The SMILES string of the molecule is CC(C)CCCC(=O)N1CCN(C(=O)c2coc(Cl)c2)CC1. The highest BCUT2D eigenvalue weighted by molar-refractivity contribution is 6.29. The van der Waals surface area contributed by atoms with Gasteiger partial charge in [-0.3, -0.25) is 9.59 Å². The maximum atomic E-state index is 12.2. The average molecular weight is 327 g/mol. The van der Waals surface area contributed by atoms with Gasteiger partial charge in [0.1, 0.15) is 6.26 Å². The lowest BCUT2D eigenvalue weighted by atomic mass is 10.1. The molecule has 1 aromatic heterocycles. The molecule has 0 bridgehead atoms. The van der Waals surface area contributed by atoms with Gasteiger partial charge in [-0.25, -0.2) is 0 Å². The summed E-state index contributed by atoms with van der Waals surface area (Å²) in [6.45, 7) is 6.62. The van der Waals surface area contributed by atoms with Gasteiger partial charge in [0.15, 0.2) is 5.22 Å². The zero-order valence-corrected chi connectivity index (χ0v) is 13.9. The molecule has 1 fully saturated rings. The second-order valence-electron chi connectivity index (χ2n) is 6.10. The van der Waals surface area contributed by atoms with Crippen LogP contribution in [0.1, 0.15) is 43.5 Å². The molecule has 0 aromatic carbocycles. The molecule has 0 aliphatic carbocycles. The van der Waals surface area contributed by atoms with Crippen LogP contribution in [0.25, 0.3) is 0 Å². The molecule has 2 heterocycles. The van der Waals surface area contributed by atoms with Gasteiger partial charge in [0.05, 0.1) is 5.56 Å². The lowest BCUT2D eigenvalue weighted by molar-refractivity contribution is -0.132. The maximum absolute atomic E-state index is 12.2. The van der Waals surface area contributed by atoms with E-state index in [2.05, 4.69) is 13.8 Å². The standard InChI is InChI=1S/C16H23ClN2O3/c1-12(2)4-3-5-15(20)18-6-8-19(9-7-18)16(21)13-10-14(17)22-11-13/h10-12H,3-9H2,1-2H3. The van der Waals surface area contributed by atoms with Crippen molar-refractivity contribution in [3.8, 4) is 0 Å². The number of carbonyl (C=O) groups excluding carboxylic acids is 2. The molecule has 1 saturated heterocycles. The molecule has 2 amide bonds. The van der Waals surface area contributed by atoms with Gasteiger partial charge >= 0.3 is 0 Å². The van der Waals surface area contributed by atoms with Crippen molar-refractivity contribution in [1.82, 2.24) is 9.80 Å². The first kappa shape index (κ1) is 16.9.